The van der Waals surface area contributed by atoms with Crippen LogP contribution in [0.1, 0.15) is 38.2 Å². The highest BCUT2D eigenvalue weighted by atomic mass is 16.5. The Morgan fingerprint density at radius 2 is 1.96 bits per heavy atom. The molecule has 0 aromatic heterocycles. The van der Waals surface area contributed by atoms with E-state index >= 15 is 0 Å². The Kier molecular flexibility index (Phi) is 6.68. The summed E-state index contributed by atoms with van der Waals surface area (Å²) in [6.07, 6.45) is 4.02. The molecule has 1 heterocycles. The van der Waals surface area contributed by atoms with Gasteiger partial charge >= 0.3 is 6.03 Å². The van der Waals surface area contributed by atoms with Crippen molar-refractivity contribution in [3.63, 3.8) is 0 Å². The molecule has 3 rings (SSSR count). The van der Waals surface area contributed by atoms with Gasteiger partial charge in [0.25, 0.3) is 0 Å². The van der Waals surface area contributed by atoms with Crippen LogP contribution in [0.5, 0.6) is 0 Å². The Bertz CT molecular complexity index is 673. The third-order valence-corrected chi connectivity index (χ3v) is 5.20. The molecule has 1 saturated carbocycles. The van der Waals surface area contributed by atoms with Gasteiger partial charge in [-0.05, 0) is 44.4 Å². The molecule has 1 aromatic rings. The maximum Gasteiger partial charge on any atom is 0.319 e. The molecule has 0 bridgehead atoms. The van der Waals surface area contributed by atoms with Crippen LogP contribution in [0.3, 0.4) is 0 Å². The molecule has 27 heavy (non-hydrogen) atoms. The number of carbonyl (C=O) groups excluding carboxylic acids is 2. The SMILES string of the molecule is CCO[C@H]1COC[C@@H]1NC(=O)Nc1ccc(C)c(NC(=O)C2CCCC2)c1. The third-order valence-electron chi connectivity index (χ3n) is 5.20. The van der Waals surface area contributed by atoms with Gasteiger partial charge in [-0.1, -0.05) is 18.9 Å². The predicted molar refractivity (Wildman–Crippen MR) is 104 cm³/mol. The first kappa shape index (κ1) is 19.6. The smallest absolute Gasteiger partial charge is 0.319 e. The summed E-state index contributed by atoms with van der Waals surface area (Å²) < 4.78 is 11.0. The molecule has 7 heteroatoms. The quantitative estimate of drug-likeness (QED) is 0.713. The number of rotatable bonds is 6. The minimum absolute atomic E-state index is 0.0693. The molecule has 2 aliphatic rings. The normalized spacial score (nSPS) is 22.6. The molecule has 1 saturated heterocycles. The number of ether oxygens (including phenoxy) is 2. The summed E-state index contributed by atoms with van der Waals surface area (Å²) in [6, 6.07) is 5.03. The Balaban J connectivity index is 1.58. The number of amides is 3. The Labute approximate surface area is 160 Å². The molecule has 0 unspecified atom stereocenters. The molecule has 0 spiro atoms. The lowest BCUT2D eigenvalue weighted by molar-refractivity contribution is -0.119. The zero-order valence-corrected chi connectivity index (χ0v) is 16.0. The largest absolute Gasteiger partial charge is 0.376 e. The number of urea groups is 1. The molecule has 1 aromatic carbocycles. The van der Waals surface area contributed by atoms with E-state index in [1.165, 1.54) is 0 Å². The second kappa shape index (κ2) is 9.19. The number of carbonyl (C=O) groups is 2. The van der Waals surface area contributed by atoms with Gasteiger partial charge in [-0.25, -0.2) is 4.79 Å². The van der Waals surface area contributed by atoms with Gasteiger partial charge in [-0.3, -0.25) is 4.79 Å². The van der Waals surface area contributed by atoms with E-state index < -0.39 is 0 Å². The number of anilines is 2. The van der Waals surface area contributed by atoms with E-state index in [4.69, 9.17) is 9.47 Å². The number of nitrogens with one attached hydrogen (secondary N) is 3. The van der Waals surface area contributed by atoms with Crippen LogP contribution < -0.4 is 16.0 Å². The second-order valence-electron chi connectivity index (χ2n) is 7.24. The van der Waals surface area contributed by atoms with E-state index in [2.05, 4.69) is 16.0 Å². The highest BCUT2D eigenvalue weighted by Crippen LogP contribution is 2.27. The minimum atomic E-state index is -0.313. The molecule has 1 aliphatic carbocycles. The van der Waals surface area contributed by atoms with Gasteiger partial charge in [0.2, 0.25) is 5.91 Å². The molecular weight excluding hydrogens is 346 g/mol. The van der Waals surface area contributed by atoms with E-state index in [-0.39, 0.29) is 30.0 Å². The molecule has 7 nitrogen and oxygen atoms in total. The fourth-order valence-electron chi connectivity index (χ4n) is 3.64. The predicted octanol–water partition coefficient (Wildman–Crippen LogP) is 3.05. The Hall–Kier alpha value is -2.12. The molecule has 0 radical (unpaired) electrons. The maximum absolute atomic E-state index is 12.4. The number of hydrogen-bond acceptors (Lipinski definition) is 4. The van der Waals surface area contributed by atoms with E-state index in [0.717, 1.165) is 36.9 Å². The molecule has 2 fully saturated rings. The summed E-state index contributed by atoms with van der Waals surface area (Å²) in [5, 5.41) is 8.74. The van der Waals surface area contributed by atoms with Crippen molar-refractivity contribution in [3.8, 4) is 0 Å². The topological polar surface area (TPSA) is 88.7 Å². The summed E-state index contributed by atoms with van der Waals surface area (Å²) in [5.41, 5.74) is 2.33. The summed E-state index contributed by atoms with van der Waals surface area (Å²) in [5.74, 6) is 0.169. The average molecular weight is 375 g/mol. The first-order valence-corrected chi connectivity index (χ1v) is 9.75. The molecule has 3 amide bonds. The lowest BCUT2D eigenvalue weighted by Gasteiger charge is -2.19. The van der Waals surface area contributed by atoms with E-state index in [1.54, 1.807) is 6.07 Å². The van der Waals surface area contributed by atoms with Gasteiger partial charge in [-0.15, -0.1) is 0 Å². The Morgan fingerprint density at radius 1 is 1.19 bits per heavy atom. The van der Waals surface area contributed by atoms with Crippen LogP contribution in [-0.4, -0.2) is 43.9 Å². The second-order valence-corrected chi connectivity index (χ2v) is 7.24. The van der Waals surface area contributed by atoms with Crippen molar-refractivity contribution in [2.24, 2.45) is 5.92 Å². The van der Waals surface area contributed by atoms with Gasteiger partial charge in [-0.2, -0.15) is 0 Å². The lowest BCUT2D eigenvalue weighted by atomic mass is 10.1. The molecule has 2 atom stereocenters. The van der Waals surface area contributed by atoms with Gasteiger partial charge in [0, 0.05) is 23.9 Å². The van der Waals surface area contributed by atoms with Crippen molar-refractivity contribution < 1.29 is 19.1 Å². The van der Waals surface area contributed by atoms with Gasteiger partial charge in [0.15, 0.2) is 0 Å². The van der Waals surface area contributed by atoms with Gasteiger partial charge in [0.05, 0.1) is 19.3 Å². The monoisotopic (exact) mass is 375 g/mol. The molecule has 148 valence electrons. The van der Waals surface area contributed by atoms with Crippen molar-refractivity contribution in [2.45, 2.75) is 51.7 Å². The van der Waals surface area contributed by atoms with Crippen molar-refractivity contribution in [3.05, 3.63) is 23.8 Å². The van der Waals surface area contributed by atoms with E-state index in [9.17, 15) is 9.59 Å². The zero-order chi connectivity index (χ0) is 19.2. The van der Waals surface area contributed by atoms with Crippen LogP contribution >= 0.6 is 0 Å². The van der Waals surface area contributed by atoms with Crippen LogP contribution in [0, 0.1) is 12.8 Å². The van der Waals surface area contributed by atoms with Crippen molar-refractivity contribution in [2.75, 3.05) is 30.5 Å². The van der Waals surface area contributed by atoms with Gasteiger partial charge in [0.1, 0.15) is 6.10 Å². The first-order chi connectivity index (χ1) is 13.1. The summed E-state index contributed by atoms with van der Waals surface area (Å²) in [4.78, 5) is 24.7. The van der Waals surface area contributed by atoms with Gasteiger partial charge < -0.3 is 25.4 Å². The highest BCUT2D eigenvalue weighted by Gasteiger charge is 2.30. The third kappa shape index (κ3) is 5.20. The number of benzene rings is 1. The molecule has 3 N–H and O–H groups in total. The highest BCUT2D eigenvalue weighted by molar-refractivity contribution is 5.95. The van der Waals surface area contributed by atoms with Crippen molar-refractivity contribution in [1.82, 2.24) is 5.32 Å². The molecular formula is C20H29N3O4. The average Bonchev–Trinajstić information content (AvgIpc) is 3.31. The lowest BCUT2D eigenvalue weighted by Crippen LogP contribution is -2.45. The number of aryl methyl sites for hydroxylation is 1. The summed E-state index contributed by atoms with van der Waals surface area (Å²) in [7, 11) is 0. The Morgan fingerprint density at radius 3 is 2.70 bits per heavy atom. The van der Waals surface area contributed by atoms with E-state index in [0.29, 0.717) is 25.5 Å². The minimum Gasteiger partial charge on any atom is -0.376 e. The van der Waals surface area contributed by atoms with Crippen LogP contribution in [0.25, 0.3) is 0 Å². The van der Waals surface area contributed by atoms with Crippen molar-refractivity contribution in [1.29, 1.82) is 0 Å². The van der Waals surface area contributed by atoms with Crippen LogP contribution in [0.15, 0.2) is 18.2 Å². The standard InChI is InChI=1S/C20H29N3O4/c1-3-27-18-12-26-11-17(18)23-20(25)21-15-9-8-13(2)16(10-15)22-19(24)14-6-4-5-7-14/h8-10,14,17-18H,3-7,11-12H2,1-2H3,(H,22,24)(H2,21,23,25)/t17-,18-/m0/s1. The zero-order valence-electron chi connectivity index (χ0n) is 16.0. The molecule has 1 aliphatic heterocycles. The van der Waals surface area contributed by atoms with Crippen LogP contribution in [0.2, 0.25) is 0 Å². The fraction of sp³-hybridized carbons (Fsp3) is 0.600. The summed E-state index contributed by atoms with van der Waals surface area (Å²) in [6.45, 7) is 5.37. The summed E-state index contributed by atoms with van der Waals surface area (Å²) >= 11 is 0. The number of hydrogen-bond donors (Lipinski definition) is 3. The maximum atomic E-state index is 12.4. The first-order valence-electron chi connectivity index (χ1n) is 9.75. The van der Waals surface area contributed by atoms with E-state index in [1.807, 2.05) is 26.0 Å². The fourth-order valence-corrected chi connectivity index (χ4v) is 3.64. The van der Waals surface area contributed by atoms with Crippen LogP contribution in [0.4, 0.5) is 16.2 Å². The van der Waals surface area contributed by atoms with Crippen molar-refractivity contribution >= 4 is 23.3 Å². The van der Waals surface area contributed by atoms with Crippen LogP contribution in [-0.2, 0) is 14.3 Å².